The Morgan fingerprint density at radius 1 is 1.08 bits per heavy atom. The molecule has 26 heavy (non-hydrogen) atoms. The van der Waals surface area contributed by atoms with Gasteiger partial charge < -0.3 is 19.7 Å². The molecule has 1 rings (SSSR count). The lowest BCUT2D eigenvalue weighted by molar-refractivity contribution is -0.140. The molecule has 0 radical (unpaired) electrons. The number of methoxy groups -OCH3 is 1. The van der Waals surface area contributed by atoms with E-state index in [0.717, 1.165) is 57.8 Å². The predicted molar refractivity (Wildman–Crippen MR) is 103 cm³/mol. The molecule has 0 unspecified atom stereocenters. The van der Waals surface area contributed by atoms with Gasteiger partial charge in [-0.25, -0.2) is 0 Å². The van der Waals surface area contributed by atoms with Crippen LogP contribution in [0.15, 0.2) is 12.2 Å². The maximum Gasteiger partial charge on any atom is 0.305 e. The molecule has 1 saturated heterocycles. The Morgan fingerprint density at radius 2 is 1.77 bits per heavy atom. The molecular weight excluding hydrogens is 332 g/mol. The first kappa shape index (κ1) is 23.1. The lowest BCUT2D eigenvalue weighted by atomic mass is 9.93. The van der Waals surface area contributed by atoms with Crippen molar-refractivity contribution in [2.75, 3.05) is 20.3 Å². The molecule has 0 bridgehead atoms. The molecule has 1 aliphatic rings. The minimum absolute atomic E-state index is 0.111. The number of rotatable bonds is 15. The average Bonchev–Trinajstić information content (AvgIpc) is 2.99. The lowest BCUT2D eigenvalue weighted by Gasteiger charge is -2.17. The molecule has 0 aromatic carbocycles. The highest BCUT2D eigenvalue weighted by Crippen LogP contribution is 2.27. The quantitative estimate of drug-likeness (QED) is 0.261. The molecule has 3 atom stereocenters. The van der Waals surface area contributed by atoms with Crippen molar-refractivity contribution < 1.29 is 24.5 Å². The standard InChI is InChI=1S/C21H38O5/c1-25-21(24)15-11-7-6-10-14-20-18(19(23)17-26-20)13-9-5-3-2-4-8-12-16-22/h9,13,18-20,22-23H,2-8,10-12,14-17H2,1H3/t18-,19-,20-/m0/s1. The van der Waals surface area contributed by atoms with E-state index in [1.54, 1.807) is 0 Å². The number of esters is 1. The van der Waals surface area contributed by atoms with Gasteiger partial charge in [0, 0.05) is 18.9 Å². The van der Waals surface area contributed by atoms with E-state index in [9.17, 15) is 9.90 Å². The minimum atomic E-state index is -0.389. The van der Waals surface area contributed by atoms with Gasteiger partial charge in [0.2, 0.25) is 0 Å². The maximum absolute atomic E-state index is 11.1. The number of unbranched alkanes of at least 4 members (excludes halogenated alkanes) is 8. The first-order valence-corrected chi connectivity index (χ1v) is 10.3. The molecule has 0 aliphatic carbocycles. The zero-order chi connectivity index (χ0) is 19.0. The first-order chi connectivity index (χ1) is 12.7. The van der Waals surface area contributed by atoms with Crippen LogP contribution in [0.3, 0.4) is 0 Å². The van der Waals surface area contributed by atoms with Crippen molar-refractivity contribution >= 4 is 5.97 Å². The van der Waals surface area contributed by atoms with Crippen LogP contribution in [-0.2, 0) is 14.3 Å². The van der Waals surface area contributed by atoms with E-state index in [2.05, 4.69) is 16.9 Å². The molecule has 152 valence electrons. The Balaban J connectivity index is 2.12. The molecule has 0 amide bonds. The van der Waals surface area contributed by atoms with Gasteiger partial charge in [0.1, 0.15) is 0 Å². The van der Waals surface area contributed by atoms with Crippen LogP contribution in [0.4, 0.5) is 0 Å². The lowest BCUT2D eigenvalue weighted by Crippen LogP contribution is -2.22. The van der Waals surface area contributed by atoms with E-state index in [4.69, 9.17) is 9.84 Å². The fourth-order valence-corrected chi connectivity index (χ4v) is 3.45. The second-order valence-electron chi connectivity index (χ2n) is 7.25. The fourth-order valence-electron chi connectivity index (χ4n) is 3.45. The zero-order valence-corrected chi connectivity index (χ0v) is 16.4. The normalized spacial score (nSPS) is 23.0. The highest BCUT2D eigenvalue weighted by molar-refractivity contribution is 5.68. The summed E-state index contributed by atoms with van der Waals surface area (Å²) in [6, 6.07) is 0. The van der Waals surface area contributed by atoms with Crippen LogP contribution in [0, 0.1) is 5.92 Å². The van der Waals surface area contributed by atoms with E-state index in [0.29, 0.717) is 19.6 Å². The highest BCUT2D eigenvalue weighted by atomic mass is 16.5. The van der Waals surface area contributed by atoms with Crippen LogP contribution in [0.5, 0.6) is 0 Å². The summed E-state index contributed by atoms with van der Waals surface area (Å²) in [5.74, 6) is -0.0229. The van der Waals surface area contributed by atoms with Gasteiger partial charge in [0.25, 0.3) is 0 Å². The topological polar surface area (TPSA) is 76.0 Å². The van der Waals surface area contributed by atoms with Gasteiger partial charge in [-0.2, -0.15) is 0 Å². The third kappa shape index (κ3) is 10.3. The molecule has 5 nitrogen and oxygen atoms in total. The van der Waals surface area contributed by atoms with Gasteiger partial charge in [0.15, 0.2) is 0 Å². The molecule has 0 aromatic rings. The van der Waals surface area contributed by atoms with Crippen molar-refractivity contribution in [2.24, 2.45) is 5.92 Å². The number of allylic oxidation sites excluding steroid dienone is 1. The monoisotopic (exact) mass is 370 g/mol. The molecule has 1 aliphatic heterocycles. The van der Waals surface area contributed by atoms with E-state index < -0.39 is 0 Å². The highest BCUT2D eigenvalue weighted by Gasteiger charge is 2.33. The van der Waals surface area contributed by atoms with Crippen molar-refractivity contribution in [1.29, 1.82) is 0 Å². The SMILES string of the molecule is COC(=O)CCCCCC[C@@H]1OC[C@H](O)[C@@H]1C=CCCCCCCCO. The summed E-state index contributed by atoms with van der Waals surface area (Å²) in [5, 5.41) is 18.9. The van der Waals surface area contributed by atoms with Gasteiger partial charge >= 0.3 is 5.97 Å². The van der Waals surface area contributed by atoms with Gasteiger partial charge in [-0.05, 0) is 32.1 Å². The summed E-state index contributed by atoms with van der Waals surface area (Å²) in [4.78, 5) is 11.1. The molecule has 5 heteroatoms. The summed E-state index contributed by atoms with van der Waals surface area (Å²) in [5.41, 5.74) is 0. The summed E-state index contributed by atoms with van der Waals surface area (Å²) in [7, 11) is 1.43. The van der Waals surface area contributed by atoms with Crippen LogP contribution >= 0.6 is 0 Å². The van der Waals surface area contributed by atoms with Crippen molar-refractivity contribution in [3.8, 4) is 0 Å². The third-order valence-electron chi connectivity index (χ3n) is 5.09. The Hall–Kier alpha value is -0.910. The zero-order valence-electron chi connectivity index (χ0n) is 16.4. The second-order valence-corrected chi connectivity index (χ2v) is 7.25. The Morgan fingerprint density at radius 3 is 2.54 bits per heavy atom. The number of carbonyl (C=O) groups excluding carboxylic acids is 1. The molecule has 0 aromatic heterocycles. The van der Waals surface area contributed by atoms with Crippen molar-refractivity contribution in [3.63, 3.8) is 0 Å². The van der Waals surface area contributed by atoms with Crippen LogP contribution in [0.2, 0.25) is 0 Å². The summed E-state index contributed by atoms with van der Waals surface area (Å²) < 4.78 is 10.4. The Bertz CT molecular complexity index is 383. The number of ether oxygens (including phenoxy) is 2. The average molecular weight is 371 g/mol. The van der Waals surface area contributed by atoms with Gasteiger partial charge in [0.05, 0.1) is 25.9 Å². The number of hydrogen-bond donors (Lipinski definition) is 2. The van der Waals surface area contributed by atoms with Gasteiger partial charge in [-0.1, -0.05) is 50.7 Å². The van der Waals surface area contributed by atoms with E-state index in [1.807, 2.05) is 0 Å². The minimum Gasteiger partial charge on any atom is -0.469 e. The van der Waals surface area contributed by atoms with Crippen LogP contribution < -0.4 is 0 Å². The summed E-state index contributed by atoms with van der Waals surface area (Å²) in [6.45, 7) is 0.731. The number of aliphatic hydroxyl groups is 2. The van der Waals surface area contributed by atoms with E-state index in [1.165, 1.54) is 20.0 Å². The number of aliphatic hydroxyl groups excluding tert-OH is 2. The smallest absolute Gasteiger partial charge is 0.305 e. The molecule has 1 fully saturated rings. The van der Waals surface area contributed by atoms with Crippen LogP contribution in [-0.4, -0.2) is 48.7 Å². The molecular formula is C21H38O5. The number of hydrogen-bond acceptors (Lipinski definition) is 5. The summed E-state index contributed by atoms with van der Waals surface area (Å²) in [6.07, 6.45) is 16.2. The number of carbonyl (C=O) groups is 1. The maximum atomic E-state index is 11.1. The molecule has 1 heterocycles. The van der Waals surface area contributed by atoms with Crippen molar-refractivity contribution in [1.82, 2.24) is 0 Å². The van der Waals surface area contributed by atoms with Gasteiger partial charge in [-0.15, -0.1) is 0 Å². The molecule has 0 saturated carbocycles. The van der Waals surface area contributed by atoms with Crippen molar-refractivity contribution in [3.05, 3.63) is 12.2 Å². The van der Waals surface area contributed by atoms with Gasteiger partial charge in [-0.3, -0.25) is 4.79 Å². The fraction of sp³-hybridized carbons (Fsp3) is 0.857. The van der Waals surface area contributed by atoms with Crippen LogP contribution in [0.1, 0.15) is 77.0 Å². The second kappa shape index (κ2) is 15.2. The summed E-state index contributed by atoms with van der Waals surface area (Å²) >= 11 is 0. The first-order valence-electron chi connectivity index (χ1n) is 10.3. The van der Waals surface area contributed by atoms with Crippen molar-refractivity contribution in [2.45, 2.75) is 89.3 Å². The van der Waals surface area contributed by atoms with E-state index in [-0.39, 0.29) is 24.1 Å². The molecule has 2 N–H and O–H groups in total. The Kier molecular flexibility index (Phi) is 13.5. The third-order valence-corrected chi connectivity index (χ3v) is 5.09. The Labute approximate surface area is 158 Å². The predicted octanol–water partition coefficient (Wildman–Crippen LogP) is 3.77. The van der Waals surface area contributed by atoms with E-state index >= 15 is 0 Å². The molecule has 0 spiro atoms. The largest absolute Gasteiger partial charge is 0.469 e. The van der Waals surface area contributed by atoms with Crippen LogP contribution in [0.25, 0.3) is 0 Å².